The maximum atomic E-state index is 13.5. The molecule has 1 aromatic heterocycles. The van der Waals surface area contributed by atoms with Crippen LogP contribution in [0, 0.1) is 0 Å². The van der Waals surface area contributed by atoms with E-state index in [9.17, 15) is 4.79 Å². The summed E-state index contributed by atoms with van der Waals surface area (Å²) < 4.78 is 1.95. The fourth-order valence-electron chi connectivity index (χ4n) is 3.76. The Kier molecular flexibility index (Phi) is 4.19. The summed E-state index contributed by atoms with van der Waals surface area (Å²) in [6, 6.07) is 28.5. The van der Waals surface area contributed by atoms with Gasteiger partial charge < -0.3 is 4.57 Å². The molecular formula is C25H23NO. The van der Waals surface area contributed by atoms with Crippen molar-refractivity contribution in [2.24, 2.45) is 0 Å². The van der Waals surface area contributed by atoms with Crippen LogP contribution in [0.4, 0.5) is 0 Å². The smallest absolute Gasteiger partial charge is 0.259 e. The lowest BCUT2D eigenvalue weighted by molar-refractivity contribution is 0.391. The van der Waals surface area contributed by atoms with E-state index in [1.165, 1.54) is 0 Å². The molecule has 4 aromatic rings. The van der Waals surface area contributed by atoms with Crippen molar-refractivity contribution in [3.05, 3.63) is 95.3 Å². The molecule has 0 fully saturated rings. The molecule has 134 valence electrons. The predicted molar refractivity (Wildman–Crippen MR) is 114 cm³/mol. The van der Waals surface area contributed by atoms with Gasteiger partial charge in [-0.05, 0) is 43.4 Å². The molecule has 0 saturated heterocycles. The molecule has 0 bridgehead atoms. The van der Waals surface area contributed by atoms with Crippen LogP contribution in [0.5, 0.6) is 0 Å². The van der Waals surface area contributed by atoms with Crippen molar-refractivity contribution in [3.8, 4) is 22.4 Å². The van der Waals surface area contributed by atoms with Crippen molar-refractivity contribution in [2.75, 3.05) is 0 Å². The highest BCUT2D eigenvalue weighted by molar-refractivity contribution is 6.02. The van der Waals surface area contributed by atoms with Crippen LogP contribution in [0.15, 0.2) is 89.7 Å². The minimum absolute atomic E-state index is 0.0524. The van der Waals surface area contributed by atoms with Gasteiger partial charge in [0.15, 0.2) is 0 Å². The molecule has 3 aromatic carbocycles. The Morgan fingerprint density at radius 2 is 1.11 bits per heavy atom. The first-order valence-electron chi connectivity index (χ1n) is 9.27. The maximum Gasteiger partial charge on any atom is 0.259 e. The van der Waals surface area contributed by atoms with E-state index in [1.54, 1.807) is 0 Å². The number of hydrogen-bond donors (Lipinski definition) is 0. The normalized spacial score (nSPS) is 11.7. The Morgan fingerprint density at radius 1 is 0.630 bits per heavy atom. The lowest BCUT2D eigenvalue weighted by Gasteiger charge is -2.29. The zero-order chi connectivity index (χ0) is 19.0. The molecule has 0 spiro atoms. The van der Waals surface area contributed by atoms with Crippen molar-refractivity contribution in [3.63, 3.8) is 0 Å². The van der Waals surface area contributed by atoms with Gasteiger partial charge in [0, 0.05) is 16.5 Å². The molecule has 2 heteroatoms. The van der Waals surface area contributed by atoms with Gasteiger partial charge in [0.2, 0.25) is 0 Å². The van der Waals surface area contributed by atoms with E-state index in [1.807, 2.05) is 59.2 Å². The number of rotatable bonds is 2. The number of nitrogens with zero attached hydrogens (tertiary/aromatic N) is 1. The Labute approximate surface area is 159 Å². The maximum absolute atomic E-state index is 13.5. The van der Waals surface area contributed by atoms with Crippen molar-refractivity contribution < 1.29 is 0 Å². The van der Waals surface area contributed by atoms with Gasteiger partial charge in [0.1, 0.15) is 0 Å². The summed E-state index contributed by atoms with van der Waals surface area (Å²) in [5.41, 5.74) is 3.94. The van der Waals surface area contributed by atoms with E-state index in [4.69, 9.17) is 0 Å². The Hall–Kier alpha value is -3.13. The minimum Gasteiger partial charge on any atom is -0.302 e. The predicted octanol–water partition coefficient (Wildman–Crippen LogP) is 6.09. The summed E-state index contributed by atoms with van der Waals surface area (Å²) in [4.78, 5) is 13.5. The number of aromatic nitrogens is 1. The molecular weight excluding hydrogens is 330 g/mol. The van der Waals surface area contributed by atoms with Gasteiger partial charge in [-0.1, -0.05) is 78.9 Å². The average molecular weight is 353 g/mol. The molecule has 0 saturated carbocycles. The van der Waals surface area contributed by atoms with Crippen LogP contribution in [0.1, 0.15) is 20.8 Å². The van der Waals surface area contributed by atoms with Crippen molar-refractivity contribution in [1.82, 2.24) is 4.57 Å². The quantitative estimate of drug-likeness (QED) is 0.427. The van der Waals surface area contributed by atoms with Gasteiger partial charge in [-0.25, -0.2) is 0 Å². The molecule has 0 atom stereocenters. The third kappa shape index (κ3) is 2.97. The van der Waals surface area contributed by atoms with Crippen LogP contribution < -0.4 is 5.56 Å². The molecule has 0 radical (unpaired) electrons. The van der Waals surface area contributed by atoms with Crippen LogP contribution in [0.3, 0.4) is 0 Å². The molecule has 1 heterocycles. The van der Waals surface area contributed by atoms with Gasteiger partial charge in [-0.15, -0.1) is 0 Å². The van der Waals surface area contributed by atoms with Gasteiger partial charge in [-0.2, -0.15) is 0 Å². The van der Waals surface area contributed by atoms with E-state index in [2.05, 4.69) is 51.1 Å². The fraction of sp³-hybridized carbons (Fsp3) is 0.160. The molecule has 27 heavy (non-hydrogen) atoms. The van der Waals surface area contributed by atoms with Crippen LogP contribution in [0.2, 0.25) is 0 Å². The topological polar surface area (TPSA) is 22.0 Å². The van der Waals surface area contributed by atoms with E-state index in [0.717, 1.165) is 33.2 Å². The molecule has 0 amide bonds. The van der Waals surface area contributed by atoms with E-state index in [-0.39, 0.29) is 11.1 Å². The van der Waals surface area contributed by atoms with Crippen LogP contribution in [0.25, 0.3) is 33.2 Å². The highest BCUT2D eigenvalue weighted by Crippen LogP contribution is 2.38. The zero-order valence-corrected chi connectivity index (χ0v) is 15.9. The number of hydrogen-bond acceptors (Lipinski definition) is 1. The zero-order valence-electron chi connectivity index (χ0n) is 15.9. The van der Waals surface area contributed by atoms with E-state index >= 15 is 0 Å². The summed E-state index contributed by atoms with van der Waals surface area (Å²) in [5, 5.41) is 1.75. The second kappa shape index (κ2) is 6.55. The Bertz CT molecular complexity index is 1150. The van der Waals surface area contributed by atoms with Crippen molar-refractivity contribution in [1.29, 1.82) is 0 Å². The standard InChI is InChI=1S/C25H23NO/c1-25(2,3)26-23(19-14-8-5-9-15-19)22(18-12-6-4-7-13-18)20-16-10-11-17-21(20)24(26)27/h4-17H,1-3H3. The first-order valence-corrected chi connectivity index (χ1v) is 9.27. The van der Waals surface area contributed by atoms with Crippen LogP contribution in [-0.2, 0) is 5.54 Å². The molecule has 0 aliphatic carbocycles. The number of fused-ring (bicyclic) bond motifs is 1. The summed E-state index contributed by atoms with van der Waals surface area (Å²) in [6.45, 7) is 6.26. The molecule has 4 rings (SSSR count). The monoisotopic (exact) mass is 353 g/mol. The van der Waals surface area contributed by atoms with Crippen LogP contribution >= 0.6 is 0 Å². The van der Waals surface area contributed by atoms with Gasteiger partial charge >= 0.3 is 0 Å². The van der Waals surface area contributed by atoms with Crippen molar-refractivity contribution >= 4 is 10.8 Å². The van der Waals surface area contributed by atoms with Gasteiger partial charge in [0.25, 0.3) is 5.56 Å². The molecule has 0 aliphatic heterocycles. The summed E-state index contributed by atoms with van der Waals surface area (Å²) in [6.07, 6.45) is 0. The fourth-order valence-corrected chi connectivity index (χ4v) is 3.76. The van der Waals surface area contributed by atoms with Crippen molar-refractivity contribution in [2.45, 2.75) is 26.3 Å². The Balaban J connectivity index is 2.29. The third-order valence-electron chi connectivity index (χ3n) is 4.87. The second-order valence-corrected chi connectivity index (χ2v) is 7.81. The summed E-state index contributed by atoms with van der Waals surface area (Å²) in [5.74, 6) is 0. The third-order valence-corrected chi connectivity index (χ3v) is 4.87. The number of pyridine rings is 1. The van der Waals surface area contributed by atoms with Gasteiger partial charge in [0.05, 0.1) is 5.69 Å². The lowest BCUT2D eigenvalue weighted by atomic mass is 9.91. The van der Waals surface area contributed by atoms with Gasteiger partial charge in [-0.3, -0.25) is 4.79 Å². The average Bonchev–Trinajstić information content (AvgIpc) is 2.68. The second-order valence-electron chi connectivity index (χ2n) is 7.81. The van der Waals surface area contributed by atoms with Crippen LogP contribution in [-0.4, -0.2) is 4.57 Å². The highest BCUT2D eigenvalue weighted by Gasteiger charge is 2.25. The first-order chi connectivity index (χ1) is 13.0. The molecule has 0 unspecified atom stereocenters. The highest BCUT2D eigenvalue weighted by atomic mass is 16.1. The summed E-state index contributed by atoms with van der Waals surface area (Å²) in [7, 11) is 0. The largest absolute Gasteiger partial charge is 0.302 e. The van der Waals surface area contributed by atoms with E-state index in [0.29, 0.717) is 0 Å². The lowest BCUT2D eigenvalue weighted by Crippen LogP contribution is -2.35. The number of benzene rings is 3. The molecule has 0 aliphatic rings. The summed E-state index contributed by atoms with van der Waals surface area (Å²) >= 11 is 0. The SMILES string of the molecule is CC(C)(C)n1c(-c2ccccc2)c(-c2ccccc2)c2ccccc2c1=O. The Morgan fingerprint density at radius 3 is 1.67 bits per heavy atom. The molecule has 2 nitrogen and oxygen atoms in total. The molecule has 0 N–H and O–H groups in total. The van der Waals surface area contributed by atoms with E-state index < -0.39 is 0 Å². The first kappa shape index (κ1) is 17.3. The minimum atomic E-state index is -0.351.